The Morgan fingerprint density at radius 2 is 2.17 bits per heavy atom. The molecule has 0 aliphatic heterocycles. The van der Waals surface area contributed by atoms with Crippen LogP contribution < -0.4 is 10.1 Å². The van der Waals surface area contributed by atoms with Gasteiger partial charge in [0, 0.05) is 17.1 Å². The zero-order valence-corrected chi connectivity index (χ0v) is 10.5. The van der Waals surface area contributed by atoms with E-state index < -0.39 is 5.95 Å². The van der Waals surface area contributed by atoms with E-state index in [1.165, 1.54) is 12.3 Å². The first-order valence-electron chi connectivity index (χ1n) is 5.37. The lowest BCUT2D eigenvalue weighted by Crippen LogP contribution is -2.03. The molecule has 0 saturated carbocycles. The predicted octanol–water partition coefficient (Wildman–Crippen LogP) is 3.49. The number of hydrogen-bond donors (Lipinski definition) is 1. The van der Waals surface area contributed by atoms with E-state index in [1.54, 1.807) is 19.2 Å². The van der Waals surface area contributed by atoms with Crippen LogP contribution in [0.25, 0.3) is 0 Å². The monoisotopic (exact) mass is 266 g/mol. The number of halogens is 2. The molecular formula is C13H12ClFN2O. The highest BCUT2D eigenvalue weighted by molar-refractivity contribution is 6.31. The van der Waals surface area contributed by atoms with Crippen LogP contribution in [0.3, 0.4) is 0 Å². The molecule has 1 heterocycles. The van der Waals surface area contributed by atoms with Crippen molar-refractivity contribution in [2.75, 3.05) is 12.4 Å². The van der Waals surface area contributed by atoms with E-state index >= 15 is 0 Å². The lowest BCUT2D eigenvalue weighted by atomic mass is 10.2. The first-order chi connectivity index (χ1) is 8.70. The van der Waals surface area contributed by atoms with Crippen molar-refractivity contribution in [2.24, 2.45) is 0 Å². The fourth-order valence-electron chi connectivity index (χ4n) is 1.57. The van der Waals surface area contributed by atoms with Gasteiger partial charge in [-0.25, -0.2) is 4.98 Å². The topological polar surface area (TPSA) is 34.1 Å². The Hall–Kier alpha value is -1.81. The van der Waals surface area contributed by atoms with Gasteiger partial charge in [-0.15, -0.1) is 0 Å². The second kappa shape index (κ2) is 5.69. The molecule has 3 nitrogen and oxygen atoms in total. The maximum atomic E-state index is 12.7. The summed E-state index contributed by atoms with van der Waals surface area (Å²) in [5, 5.41) is 3.73. The van der Waals surface area contributed by atoms with Crippen LogP contribution in [0.15, 0.2) is 36.5 Å². The Balaban J connectivity index is 2.12. The van der Waals surface area contributed by atoms with Crippen molar-refractivity contribution in [3.8, 4) is 5.75 Å². The van der Waals surface area contributed by atoms with Gasteiger partial charge in [0.2, 0.25) is 5.95 Å². The fraction of sp³-hybridized carbons (Fsp3) is 0.154. The molecule has 2 aromatic rings. The van der Waals surface area contributed by atoms with Gasteiger partial charge >= 0.3 is 0 Å². The van der Waals surface area contributed by atoms with Gasteiger partial charge in [0.15, 0.2) is 0 Å². The number of pyridine rings is 1. The van der Waals surface area contributed by atoms with Gasteiger partial charge in [-0.2, -0.15) is 4.39 Å². The predicted molar refractivity (Wildman–Crippen MR) is 69.5 cm³/mol. The summed E-state index contributed by atoms with van der Waals surface area (Å²) in [5.74, 6) is 0.209. The van der Waals surface area contributed by atoms with Crippen LogP contribution in [-0.2, 0) is 6.54 Å². The number of hydrogen-bond acceptors (Lipinski definition) is 3. The van der Waals surface area contributed by atoms with Gasteiger partial charge in [-0.05, 0) is 24.3 Å². The Kier molecular flexibility index (Phi) is 3.99. The molecule has 0 amide bonds. The molecule has 1 N–H and O–H groups in total. The van der Waals surface area contributed by atoms with Crippen LogP contribution >= 0.6 is 11.6 Å². The number of ether oxygens (including phenoxy) is 1. The molecule has 0 bridgehead atoms. The maximum Gasteiger partial charge on any atom is 0.212 e. The Morgan fingerprint density at radius 3 is 2.83 bits per heavy atom. The van der Waals surface area contributed by atoms with E-state index in [2.05, 4.69) is 10.3 Å². The number of aromatic nitrogens is 1. The van der Waals surface area contributed by atoms with E-state index in [4.69, 9.17) is 16.3 Å². The zero-order valence-electron chi connectivity index (χ0n) is 9.78. The molecule has 0 aliphatic carbocycles. The van der Waals surface area contributed by atoms with Crippen LogP contribution in [0, 0.1) is 5.95 Å². The van der Waals surface area contributed by atoms with Crippen LogP contribution in [0.4, 0.5) is 10.1 Å². The van der Waals surface area contributed by atoms with Crippen molar-refractivity contribution in [3.63, 3.8) is 0 Å². The number of nitrogens with one attached hydrogen (secondary N) is 1. The van der Waals surface area contributed by atoms with Crippen LogP contribution in [0.1, 0.15) is 5.56 Å². The molecule has 1 aromatic carbocycles. The van der Waals surface area contributed by atoms with Crippen LogP contribution in [0.5, 0.6) is 5.75 Å². The van der Waals surface area contributed by atoms with Crippen molar-refractivity contribution in [2.45, 2.75) is 6.54 Å². The number of benzene rings is 1. The van der Waals surface area contributed by atoms with E-state index in [1.807, 2.05) is 12.1 Å². The molecule has 0 saturated heterocycles. The quantitative estimate of drug-likeness (QED) is 0.860. The smallest absolute Gasteiger partial charge is 0.212 e. The lowest BCUT2D eigenvalue weighted by molar-refractivity contribution is 0.410. The number of rotatable bonds is 4. The van der Waals surface area contributed by atoms with Gasteiger partial charge in [0.25, 0.3) is 0 Å². The number of anilines is 1. The van der Waals surface area contributed by atoms with E-state index in [9.17, 15) is 4.39 Å². The number of nitrogens with zero attached hydrogens (tertiary/aromatic N) is 1. The SMILES string of the molecule is COc1cccc(Cl)c1CNc1ccc(F)nc1. The second-order valence-electron chi connectivity index (χ2n) is 3.64. The van der Waals surface area contributed by atoms with Gasteiger partial charge in [0.1, 0.15) is 5.75 Å². The van der Waals surface area contributed by atoms with E-state index in [-0.39, 0.29) is 0 Å². The van der Waals surface area contributed by atoms with Crippen molar-refractivity contribution in [3.05, 3.63) is 53.1 Å². The summed E-state index contributed by atoms with van der Waals surface area (Å²) in [4.78, 5) is 3.56. The van der Waals surface area contributed by atoms with Gasteiger partial charge in [-0.3, -0.25) is 0 Å². The normalized spacial score (nSPS) is 10.2. The first-order valence-corrected chi connectivity index (χ1v) is 5.75. The Labute approximate surface area is 110 Å². The molecule has 0 fully saturated rings. The highest BCUT2D eigenvalue weighted by Gasteiger charge is 2.07. The summed E-state index contributed by atoms with van der Waals surface area (Å²) in [5.41, 5.74) is 1.57. The standard InChI is InChI=1S/C13H12ClFN2O/c1-18-12-4-2-3-11(14)10(12)8-16-9-5-6-13(15)17-7-9/h2-7,16H,8H2,1H3. The van der Waals surface area contributed by atoms with Gasteiger partial charge < -0.3 is 10.1 Å². The second-order valence-corrected chi connectivity index (χ2v) is 4.05. The minimum atomic E-state index is -0.504. The van der Waals surface area contributed by atoms with Crippen molar-refractivity contribution < 1.29 is 9.13 Å². The maximum absolute atomic E-state index is 12.7. The molecular weight excluding hydrogens is 255 g/mol. The minimum Gasteiger partial charge on any atom is -0.496 e. The molecule has 0 atom stereocenters. The number of methoxy groups -OCH3 is 1. The summed E-state index contributed by atoms with van der Waals surface area (Å²) in [6.45, 7) is 0.482. The Morgan fingerprint density at radius 1 is 1.33 bits per heavy atom. The first kappa shape index (κ1) is 12.6. The summed E-state index contributed by atoms with van der Waals surface area (Å²) < 4.78 is 17.9. The Bertz CT molecular complexity index is 531. The third-order valence-electron chi connectivity index (χ3n) is 2.49. The van der Waals surface area contributed by atoms with E-state index in [0.29, 0.717) is 17.3 Å². The molecule has 18 heavy (non-hydrogen) atoms. The summed E-state index contributed by atoms with van der Waals surface area (Å²) in [6, 6.07) is 8.37. The highest BCUT2D eigenvalue weighted by atomic mass is 35.5. The zero-order chi connectivity index (χ0) is 13.0. The molecule has 0 aliphatic rings. The largest absolute Gasteiger partial charge is 0.496 e. The van der Waals surface area contributed by atoms with Gasteiger partial charge in [-0.1, -0.05) is 17.7 Å². The third-order valence-corrected chi connectivity index (χ3v) is 2.85. The molecule has 94 valence electrons. The highest BCUT2D eigenvalue weighted by Crippen LogP contribution is 2.26. The minimum absolute atomic E-state index is 0.482. The molecule has 1 aromatic heterocycles. The summed E-state index contributed by atoms with van der Waals surface area (Å²) in [7, 11) is 1.59. The van der Waals surface area contributed by atoms with Crippen LogP contribution in [0.2, 0.25) is 5.02 Å². The third kappa shape index (κ3) is 2.90. The van der Waals surface area contributed by atoms with Gasteiger partial charge in [0.05, 0.1) is 19.0 Å². The van der Waals surface area contributed by atoms with Crippen molar-refractivity contribution in [1.82, 2.24) is 4.98 Å². The lowest BCUT2D eigenvalue weighted by Gasteiger charge is -2.11. The van der Waals surface area contributed by atoms with Crippen LogP contribution in [-0.4, -0.2) is 12.1 Å². The van der Waals surface area contributed by atoms with Crippen molar-refractivity contribution >= 4 is 17.3 Å². The average Bonchev–Trinajstić information content (AvgIpc) is 2.39. The molecule has 2 rings (SSSR count). The van der Waals surface area contributed by atoms with E-state index in [0.717, 1.165) is 11.3 Å². The molecule has 5 heteroatoms. The molecule has 0 spiro atoms. The molecule has 0 radical (unpaired) electrons. The summed E-state index contributed by atoms with van der Waals surface area (Å²) >= 11 is 6.10. The fourth-order valence-corrected chi connectivity index (χ4v) is 1.81. The summed E-state index contributed by atoms with van der Waals surface area (Å²) in [6.07, 6.45) is 1.43. The molecule has 0 unspecified atom stereocenters. The van der Waals surface area contributed by atoms with Crippen molar-refractivity contribution in [1.29, 1.82) is 0 Å². The average molecular weight is 267 g/mol.